The Balaban J connectivity index is 4.48. The fraction of sp³-hybridized carbons (Fsp3) is 0.729. The first-order valence-electron chi connectivity index (χ1n) is 40.8. The monoisotopic (exact) mass is 1490 g/mol. The SMILES string of the molecule is CC/C=C\C/C=C\C/C=C\C/C=C\C/C=C\CCCCCCCCCCCCCCCC(=O)OCC(O)COP(=O)(O)OCC(O)COP(=O)(O)OCC(COC(=O)CCCCCCCCCCC/C=C\C/C=C\C/C=C\C/C=C\C/C=C\CC)OC(=O)CCCCCCCCCCCCCCC. The quantitative estimate of drug-likeness (QED) is 0.0146. The van der Waals surface area contributed by atoms with Crippen LogP contribution in [0.1, 0.15) is 342 Å². The molecule has 0 fully saturated rings. The Morgan fingerprint density at radius 3 is 0.816 bits per heavy atom. The zero-order valence-electron chi connectivity index (χ0n) is 65.0. The van der Waals surface area contributed by atoms with E-state index in [-0.39, 0.29) is 19.3 Å². The second kappa shape index (κ2) is 77.6. The lowest BCUT2D eigenvalue weighted by Gasteiger charge is -2.21. The fourth-order valence-corrected chi connectivity index (χ4v) is 12.6. The summed E-state index contributed by atoms with van der Waals surface area (Å²) < 4.78 is 61.2. The zero-order chi connectivity index (χ0) is 75.2. The molecule has 0 aromatic rings. The molecule has 594 valence electrons. The van der Waals surface area contributed by atoms with Gasteiger partial charge in [-0.05, 0) is 109 Å². The van der Waals surface area contributed by atoms with Gasteiger partial charge in [-0.2, -0.15) is 0 Å². The lowest BCUT2D eigenvalue weighted by atomic mass is 10.0. The minimum absolute atomic E-state index is 0.106. The van der Waals surface area contributed by atoms with Crippen molar-refractivity contribution in [3.63, 3.8) is 0 Å². The van der Waals surface area contributed by atoms with Gasteiger partial charge in [0.05, 0.1) is 26.4 Å². The third-order valence-corrected chi connectivity index (χ3v) is 19.1. The summed E-state index contributed by atoms with van der Waals surface area (Å²) in [6, 6.07) is 0. The molecule has 0 radical (unpaired) electrons. The van der Waals surface area contributed by atoms with Crippen molar-refractivity contribution in [2.24, 2.45) is 0 Å². The van der Waals surface area contributed by atoms with E-state index in [1.165, 1.54) is 135 Å². The summed E-state index contributed by atoms with van der Waals surface area (Å²) in [7, 11) is -9.79. The van der Waals surface area contributed by atoms with Gasteiger partial charge >= 0.3 is 33.6 Å². The molecular weight excluding hydrogens is 1340 g/mol. The Hall–Kier alpha value is -4.05. The molecule has 0 saturated carbocycles. The first-order chi connectivity index (χ1) is 50.2. The van der Waals surface area contributed by atoms with Gasteiger partial charge in [-0.15, -0.1) is 0 Å². The average molecular weight is 1490 g/mol. The summed E-state index contributed by atoms with van der Waals surface area (Å²) in [5.41, 5.74) is 0. The standard InChI is InChI=1S/C85H148O16P2/c1-4-7-10-13-16-19-22-25-27-29-31-33-35-37-38-39-40-42-44-45-47-49-51-54-56-59-62-65-68-71-83(88)95-74-80(86)75-97-102(91,92)98-76-81(87)77-99-103(93,94)100-79-82(101-85(90)73-70-67-64-61-58-53-24-21-18-15-12-9-6-3)78-96-84(89)72-69-66-63-60-57-55-52-50-48-46-43-41-36-34-32-30-28-26-23-20-17-14-11-8-5-2/h7-8,10-11,16-17,19-20,25-28,31-34,37-38,41,43,80-82,86-87H,4-6,9,12-15,18,21-24,29-30,35-36,39-40,42,44-79H2,1-3H3,(H,91,92)(H,93,94)/b10-7-,11-8-,19-16-,20-17-,27-25-,28-26-,33-31-,34-32-,38-37-,43-41-. The summed E-state index contributed by atoms with van der Waals surface area (Å²) in [6.07, 6.45) is 92.5. The number of aliphatic hydroxyl groups is 2. The molecule has 0 aliphatic carbocycles. The number of rotatable bonds is 77. The maximum Gasteiger partial charge on any atom is 0.472 e. The van der Waals surface area contributed by atoms with Crippen molar-refractivity contribution in [1.29, 1.82) is 0 Å². The van der Waals surface area contributed by atoms with E-state index in [9.17, 15) is 43.5 Å². The largest absolute Gasteiger partial charge is 0.472 e. The van der Waals surface area contributed by atoms with Crippen molar-refractivity contribution in [1.82, 2.24) is 0 Å². The number of hydrogen-bond acceptors (Lipinski definition) is 14. The van der Waals surface area contributed by atoms with E-state index in [1.54, 1.807) is 0 Å². The fourth-order valence-electron chi connectivity index (χ4n) is 11.0. The lowest BCUT2D eigenvalue weighted by molar-refractivity contribution is -0.161. The van der Waals surface area contributed by atoms with Gasteiger partial charge in [0, 0.05) is 19.3 Å². The number of allylic oxidation sites excluding steroid dienone is 20. The van der Waals surface area contributed by atoms with Crippen molar-refractivity contribution in [3.05, 3.63) is 122 Å². The zero-order valence-corrected chi connectivity index (χ0v) is 66.7. The highest BCUT2D eigenvalue weighted by atomic mass is 31.2. The van der Waals surface area contributed by atoms with Crippen LogP contribution in [0.15, 0.2) is 122 Å². The Bertz CT molecular complexity index is 2360. The second-order valence-corrected chi connectivity index (χ2v) is 30.1. The van der Waals surface area contributed by atoms with Crippen LogP contribution in [0.2, 0.25) is 0 Å². The van der Waals surface area contributed by atoms with E-state index in [2.05, 4.69) is 142 Å². The van der Waals surface area contributed by atoms with Gasteiger partial charge in [0.1, 0.15) is 25.4 Å². The Labute approximate surface area is 627 Å². The number of carbonyl (C=O) groups excluding carboxylic acids is 3. The molecule has 0 bridgehead atoms. The van der Waals surface area contributed by atoms with Crippen molar-refractivity contribution < 1.29 is 75.8 Å². The third kappa shape index (κ3) is 78.8. The topological polar surface area (TPSA) is 231 Å². The Morgan fingerprint density at radius 1 is 0.282 bits per heavy atom. The predicted molar refractivity (Wildman–Crippen MR) is 427 cm³/mol. The van der Waals surface area contributed by atoms with Crippen LogP contribution in [0, 0.1) is 0 Å². The minimum atomic E-state index is -4.93. The number of phosphoric acid groups is 2. The number of aliphatic hydroxyl groups excluding tert-OH is 2. The van der Waals surface area contributed by atoms with Gasteiger partial charge in [0.2, 0.25) is 0 Å². The maximum absolute atomic E-state index is 13.0. The van der Waals surface area contributed by atoms with Gasteiger partial charge in [0.25, 0.3) is 0 Å². The van der Waals surface area contributed by atoms with Crippen LogP contribution in [0.3, 0.4) is 0 Å². The molecule has 0 spiro atoms. The molecule has 0 aromatic carbocycles. The van der Waals surface area contributed by atoms with E-state index in [0.717, 1.165) is 148 Å². The van der Waals surface area contributed by atoms with Crippen molar-refractivity contribution in [3.8, 4) is 0 Å². The molecule has 5 unspecified atom stereocenters. The highest BCUT2D eigenvalue weighted by molar-refractivity contribution is 7.47. The Morgan fingerprint density at radius 2 is 0.515 bits per heavy atom. The van der Waals surface area contributed by atoms with Gasteiger partial charge in [-0.25, -0.2) is 9.13 Å². The van der Waals surface area contributed by atoms with Crippen LogP contribution in [-0.2, 0) is 55.8 Å². The molecule has 0 saturated heterocycles. The van der Waals surface area contributed by atoms with Crippen LogP contribution in [0.5, 0.6) is 0 Å². The van der Waals surface area contributed by atoms with Crippen LogP contribution in [-0.4, -0.2) is 95.9 Å². The molecule has 0 amide bonds. The summed E-state index contributed by atoms with van der Waals surface area (Å²) in [5.74, 6) is -1.57. The van der Waals surface area contributed by atoms with Crippen molar-refractivity contribution in [2.75, 3.05) is 39.6 Å². The number of phosphoric ester groups is 2. The van der Waals surface area contributed by atoms with Gasteiger partial charge < -0.3 is 34.2 Å². The van der Waals surface area contributed by atoms with Crippen LogP contribution in [0.4, 0.5) is 0 Å². The summed E-state index contributed by atoms with van der Waals surface area (Å²) >= 11 is 0. The van der Waals surface area contributed by atoms with Gasteiger partial charge in [-0.3, -0.25) is 32.5 Å². The van der Waals surface area contributed by atoms with E-state index in [1.807, 2.05) is 0 Å². The normalized spacial score (nSPS) is 14.6. The van der Waals surface area contributed by atoms with E-state index < -0.39 is 91.5 Å². The highest BCUT2D eigenvalue weighted by Gasteiger charge is 2.29. The summed E-state index contributed by atoms with van der Waals surface area (Å²) in [5, 5.41) is 20.6. The smallest absolute Gasteiger partial charge is 0.463 e. The molecule has 0 aliphatic rings. The molecule has 0 aliphatic heterocycles. The third-order valence-electron chi connectivity index (χ3n) is 17.2. The molecule has 4 N–H and O–H groups in total. The maximum atomic E-state index is 13.0. The summed E-state index contributed by atoms with van der Waals surface area (Å²) in [4.78, 5) is 58.7. The first kappa shape index (κ1) is 98.9. The molecule has 16 nitrogen and oxygen atoms in total. The van der Waals surface area contributed by atoms with E-state index in [4.69, 9.17) is 32.3 Å². The molecule has 18 heteroatoms. The van der Waals surface area contributed by atoms with Gasteiger partial charge in [0.15, 0.2) is 6.10 Å². The molecule has 0 rings (SSSR count). The van der Waals surface area contributed by atoms with Crippen LogP contribution < -0.4 is 0 Å². The average Bonchev–Trinajstić information content (AvgIpc) is 0.923. The molecule has 5 atom stereocenters. The van der Waals surface area contributed by atoms with E-state index in [0.29, 0.717) is 19.3 Å². The van der Waals surface area contributed by atoms with Crippen molar-refractivity contribution in [2.45, 2.75) is 360 Å². The predicted octanol–water partition coefficient (Wildman–Crippen LogP) is 24.1. The number of unbranched alkanes of at least 4 members (excludes halogenated alkanes) is 34. The molecule has 0 heterocycles. The first-order valence-corrected chi connectivity index (χ1v) is 43.8. The van der Waals surface area contributed by atoms with Crippen LogP contribution in [0.25, 0.3) is 0 Å². The molecule has 103 heavy (non-hydrogen) atoms. The summed E-state index contributed by atoms with van der Waals surface area (Å²) in [6.45, 7) is 2.48. The van der Waals surface area contributed by atoms with Gasteiger partial charge in [-0.1, -0.05) is 335 Å². The number of esters is 3. The highest BCUT2D eigenvalue weighted by Crippen LogP contribution is 2.45. The number of ether oxygens (including phenoxy) is 3. The van der Waals surface area contributed by atoms with Crippen LogP contribution >= 0.6 is 15.6 Å². The second-order valence-electron chi connectivity index (χ2n) is 27.2. The lowest BCUT2D eigenvalue weighted by Crippen LogP contribution is -2.30. The number of hydrogen-bond donors (Lipinski definition) is 4. The number of carbonyl (C=O) groups is 3. The Kier molecular flexibility index (Phi) is 74.5. The molecule has 0 aromatic heterocycles. The van der Waals surface area contributed by atoms with Crippen molar-refractivity contribution >= 4 is 33.6 Å². The van der Waals surface area contributed by atoms with E-state index >= 15 is 0 Å². The molecular formula is C85H148O16P2. The minimum Gasteiger partial charge on any atom is -0.463 e.